The minimum absolute atomic E-state index is 0.833. The van der Waals surface area contributed by atoms with Crippen LogP contribution in [-0.4, -0.2) is 42.0 Å². The van der Waals surface area contributed by atoms with Gasteiger partial charge < -0.3 is 4.90 Å². The predicted octanol–water partition coefficient (Wildman–Crippen LogP) is 1.61. The molecule has 2 saturated heterocycles. The van der Waals surface area contributed by atoms with Crippen molar-refractivity contribution in [2.75, 3.05) is 26.2 Å². The molecule has 0 N–H and O–H groups in total. The van der Waals surface area contributed by atoms with Gasteiger partial charge in [-0.2, -0.15) is 0 Å². The lowest BCUT2D eigenvalue weighted by molar-refractivity contribution is 0.108. The van der Waals surface area contributed by atoms with Crippen molar-refractivity contribution in [3.05, 3.63) is 7.05 Å². The highest BCUT2D eigenvalue weighted by atomic mass is 15.2. The zero-order valence-corrected chi connectivity index (χ0v) is 8.41. The van der Waals surface area contributed by atoms with Gasteiger partial charge in [0.15, 0.2) is 0 Å². The van der Waals surface area contributed by atoms with Gasteiger partial charge in [0.2, 0.25) is 0 Å². The first-order valence-electron chi connectivity index (χ1n) is 5.60. The number of piperidine rings is 2. The van der Waals surface area contributed by atoms with Gasteiger partial charge in [0.1, 0.15) is 0 Å². The van der Waals surface area contributed by atoms with Crippen molar-refractivity contribution in [1.82, 2.24) is 9.80 Å². The van der Waals surface area contributed by atoms with E-state index in [1.165, 1.54) is 45.2 Å². The molecule has 0 saturated carbocycles. The molecule has 2 aliphatic heterocycles. The minimum atomic E-state index is 0.833. The molecular weight excluding hydrogens is 160 g/mol. The van der Waals surface area contributed by atoms with E-state index in [9.17, 15) is 0 Å². The lowest BCUT2D eigenvalue weighted by Crippen LogP contribution is -2.45. The van der Waals surface area contributed by atoms with Gasteiger partial charge in [-0.25, -0.2) is 0 Å². The van der Waals surface area contributed by atoms with Crippen LogP contribution < -0.4 is 0 Å². The Morgan fingerprint density at radius 3 is 2.08 bits per heavy atom. The van der Waals surface area contributed by atoms with E-state index in [1.54, 1.807) is 0 Å². The molecule has 2 aliphatic rings. The van der Waals surface area contributed by atoms with Crippen molar-refractivity contribution < 1.29 is 0 Å². The Labute approximate surface area is 81.9 Å². The van der Waals surface area contributed by atoms with Gasteiger partial charge in [-0.15, -0.1) is 0 Å². The van der Waals surface area contributed by atoms with Crippen LogP contribution in [-0.2, 0) is 0 Å². The van der Waals surface area contributed by atoms with Gasteiger partial charge in [-0.1, -0.05) is 6.42 Å². The second-order valence-electron chi connectivity index (χ2n) is 4.36. The summed E-state index contributed by atoms with van der Waals surface area (Å²) in [5.41, 5.74) is 0. The van der Waals surface area contributed by atoms with Gasteiger partial charge >= 0.3 is 0 Å². The minimum Gasteiger partial charge on any atom is -0.300 e. The topological polar surface area (TPSA) is 6.48 Å². The largest absolute Gasteiger partial charge is 0.300 e. The molecular formula is C11H20N2. The fourth-order valence-electron chi connectivity index (χ4n) is 2.53. The molecule has 13 heavy (non-hydrogen) atoms. The van der Waals surface area contributed by atoms with E-state index in [0.29, 0.717) is 0 Å². The number of hydrogen-bond donors (Lipinski definition) is 0. The number of hydrogen-bond acceptors (Lipinski definition) is 2. The molecule has 0 amide bonds. The third-order valence-electron chi connectivity index (χ3n) is 3.41. The van der Waals surface area contributed by atoms with E-state index in [0.717, 1.165) is 19.1 Å². The Bertz CT molecular complexity index is 144. The second-order valence-corrected chi connectivity index (χ2v) is 4.36. The highest BCUT2D eigenvalue weighted by Gasteiger charge is 2.23. The van der Waals surface area contributed by atoms with Crippen molar-refractivity contribution in [1.29, 1.82) is 0 Å². The highest BCUT2D eigenvalue weighted by molar-refractivity contribution is 4.81. The first-order valence-corrected chi connectivity index (χ1v) is 5.60. The predicted molar refractivity (Wildman–Crippen MR) is 54.3 cm³/mol. The first-order chi connectivity index (χ1) is 6.36. The lowest BCUT2D eigenvalue weighted by Gasteiger charge is -2.39. The zero-order valence-electron chi connectivity index (χ0n) is 8.41. The van der Waals surface area contributed by atoms with E-state index in [2.05, 4.69) is 4.90 Å². The van der Waals surface area contributed by atoms with Gasteiger partial charge in [-0.05, 0) is 38.8 Å². The van der Waals surface area contributed by atoms with Crippen LogP contribution in [0.1, 0.15) is 32.1 Å². The quantitative estimate of drug-likeness (QED) is 0.605. The SMILES string of the molecule is [CH]N1CCC(N2CCCCC2)CC1. The van der Waals surface area contributed by atoms with Gasteiger partial charge in [0.25, 0.3) is 0 Å². The molecule has 0 aliphatic carbocycles. The smallest absolute Gasteiger partial charge is 0.0438 e. The van der Waals surface area contributed by atoms with Gasteiger partial charge in [0, 0.05) is 26.2 Å². The van der Waals surface area contributed by atoms with E-state index < -0.39 is 0 Å². The van der Waals surface area contributed by atoms with Crippen LogP contribution in [0.5, 0.6) is 0 Å². The monoisotopic (exact) mass is 180 g/mol. The Kier molecular flexibility index (Phi) is 3.23. The van der Waals surface area contributed by atoms with Crippen LogP contribution in [0.15, 0.2) is 0 Å². The van der Waals surface area contributed by atoms with E-state index in [-0.39, 0.29) is 0 Å². The third-order valence-corrected chi connectivity index (χ3v) is 3.41. The summed E-state index contributed by atoms with van der Waals surface area (Å²) in [6, 6.07) is 0.833. The number of nitrogens with zero attached hydrogens (tertiary/aromatic N) is 2. The van der Waals surface area contributed by atoms with Crippen molar-refractivity contribution in [3.63, 3.8) is 0 Å². The Balaban J connectivity index is 1.79. The van der Waals surface area contributed by atoms with Gasteiger partial charge in [-0.3, -0.25) is 4.90 Å². The van der Waals surface area contributed by atoms with E-state index in [1.807, 2.05) is 4.90 Å². The van der Waals surface area contributed by atoms with Crippen LogP contribution in [0.3, 0.4) is 0 Å². The summed E-state index contributed by atoms with van der Waals surface area (Å²) < 4.78 is 0. The summed E-state index contributed by atoms with van der Waals surface area (Å²) in [6.07, 6.45) is 6.80. The molecule has 0 spiro atoms. The van der Waals surface area contributed by atoms with Crippen LogP contribution >= 0.6 is 0 Å². The standard InChI is InChI=1S/C11H20N2/c1-12-9-5-11(6-10-12)13-7-3-2-4-8-13/h1,11H,2-10H2. The molecule has 2 fully saturated rings. The maximum atomic E-state index is 5.74. The highest BCUT2D eigenvalue weighted by Crippen LogP contribution is 2.20. The molecule has 0 aromatic heterocycles. The van der Waals surface area contributed by atoms with Crippen LogP contribution in [0.2, 0.25) is 0 Å². The molecule has 0 unspecified atom stereocenters. The molecule has 2 rings (SSSR count). The van der Waals surface area contributed by atoms with Crippen LogP contribution in [0, 0.1) is 7.05 Å². The lowest BCUT2D eigenvalue weighted by atomic mass is 10.0. The molecule has 0 bridgehead atoms. The second kappa shape index (κ2) is 4.43. The maximum Gasteiger partial charge on any atom is 0.0438 e. The molecule has 2 heteroatoms. The summed E-state index contributed by atoms with van der Waals surface area (Å²) >= 11 is 0. The molecule has 2 radical (unpaired) electrons. The Morgan fingerprint density at radius 2 is 1.46 bits per heavy atom. The maximum absolute atomic E-state index is 5.74. The first kappa shape index (κ1) is 9.47. The molecule has 0 aromatic rings. The molecule has 2 heterocycles. The van der Waals surface area contributed by atoms with Crippen molar-refractivity contribution >= 4 is 0 Å². The summed E-state index contributed by atoms with van der Waals surface area (Å²) in [6.45, 7) is 4.83. The normalized spacial score (nSPS) is 29.3. The summed E-state index contributed by atoms with van der Waals surface area (Å²) in [5.74, 6) is 0. The summed E-state index contributed by atoms with van der Waals surface area (Å²) in [4.78, 5) is 4.64. The third kappa shape index (κ3) is 2.44. The Morgan fingerprint density at radius 1 is 0.846 bits per heavy atom. The van der Waals surface area contributed by atoms with E-state index in [4.69, 9.17) is 7.05 Å². The molecule has 74 valence electrons. The molecule has 0 atom stereocenters. The average molecular weight is 180 g/mol. The molecule has 2 nitrogen and oxygen atoms in total. The zero-order chi connectivity index (χ0) is 9.10. The average Bonchev–Trinajstić information content (AvgIpc) is 2.20. The van der Waals surface area contributed by atoms with Gasteiger partial charge in [0.05, 0.1) is 0 Å². The van der Waals surface area contributed by atoms with E-state index >= 15 is 0 Å². The van der Waals surface area contributed by atoms with Crippen molar-refractivity contribution in [3.8, 4) is 0 Å². The van der Waals surface area contributed by atoms with Crippen molar-refractivity contribution in [2.24, 2.45) is 0 Å². The Hall–Kier alpha value is -0.0800. The van der Waals surface area contributed by atoms with Crippen LogP contribution in [0.4, 0.5) is 0 Å². The summed E-state index contributed by atoms with van der Waals surface area (Å²) in [7, 11) is 5.74. The summed E-state index contributed by atoms with van der Waals surface area (Å²) in [5, 5.41) is 0. The fraction of sp³-hybridized carbons (Fsp3) is 0.909. The molecule has 0 aromatic carbocycles. The van der Waals surface area contributed by atoms with Crippen molar-refractivity contribution in [2.45, 2.75) is 38.1 Å². The number of rotatable bonds is 1. The fourth-order valence-corrected chi connectivity index (χ4v) is 2.53. The number of likely N-dealkylation sites (tertiary alicyclic amines) is 2. The van der Waals surface area contributed by atoms with Crippen LogP contribution in [0.25, 0.3) is 0 Å².